The van der Waals surface area contributed by atoms with Crippen LogP contribution in [0.4, 0.5) is 0 Å². The molecule has 0 unspecified atom stereocenters. The zero-order valence-electron chi connectivity index (χ0n) is 15.6. The van der Waals surface area contributed by atoms with Gasteiger partial charge < -0.3 is 14.8 Å². The normalized spacial score (nSPS) is 32.5. The molecule has 4 saturated carbocycles. The van der Waals surface area contributed by atoms with Gasteiger partial charge >= 0.3 is 0 Å². The smallest absolute Gasteiger partial charge is 0.251 e. The van der Waals surface area contributed by atoms with Gasteiger partial charge in [0.1, 0.15) is 11.5 Å². The van der Waals surface area contributed by atoms with Crippen LogP contribution in [0.25, 0.3) is 0 Å². The first-order chi connectivity index (χ1) is 12.0. The van der Waals surface area contributed by atoms with E-state index in [0.29, 0.717) is 22.5 Å². The fourth-order valence-electron chi connectivity index (χ4n) is 6.10. The SMILES string of the molecule is COc1cc(OC)c(C)c(C(=O)NCC23CC4CC(CC(C4)C2)C3)c1. The van der Waals surface area contributed by atoms with Crippen LogP contribution in [0.1, 0.15) is 54.4 Å². The van der Waals surface area contributed by atoms with Crippen LogP contribution in [-0.4, -0.2) is 26.7 Å². The highest BCUT2D eigenvalue weighted by Crippen LogP contribution is 2.59. The average molecular weight is 343 g/mol. The van der Waals surface area contributed by atoms with Crippen molar-refractivity contribution in [2.45, 2.75) is 45.4 Å². The van der Waals surface area contributed by atoms with Gasteiger partial charge in [-0.2, -0.15) is 0 Å². The minimum atomic E-state index is -0.00885. The Morgan fingerprint density at radius 1 is 1.08 bits per heavy atom. The highest BCUT2D eigenvalue weighted by Gasteiger charge is 2.50. The lowest BCUT2D eigenvalue weighted by Gasteiger charge is -2.56. The summed E-state index contributed by atoms with van der Waals surface area (Å²) in [5.41, 5.74) is 1.87. The first-order valence-corrected chi connectivity index (χ1v) is 9.53. The van der Waals surface area contributed by atoms with Crippen LogP contribution in [-0.2, 0) is 0 Å². The van der Waals surface area contributed by atoms with Crippen LogP contribution in [0.3, 0.4) is 0 Å². The van der Waals surface area contributed by atoms with E-state index in [1.165, 1.54) is 38.5 Å². The zero-order valence-corrected chi connectivity index (χ0v) is 15.6. The highest BCUT2D eigenvalue weighted by atomic mass is 16.5. The Morgan fingerprint density at radius 2 is 1.68 bits per heavy atom. The van der Waals surface area contributed by atoms with E-state index in [1.807, 2.05) is 19.1 Å². The molecule has 0 aliphatic heterocycles. The predicted octanol–water partition coefficient (Wildman–Crippen LogP) is 3.96. The number of carbonyl (C=O) groups excluding carboxylic acids is 1. The van der Waals surface area contributed by atoms with Gasteiger partial charge in [0.25, 0.3) is 5.91 Å². The molecule has 0 atom stereocenters. The second-order valence-electron chi connectivity index (χ2n) is 8.60. The summed E-state index contributed by atoms with van der Waals surface area (Å²) in [5, 5.41) is 3.25. The van der Waals surface area contributed by atoms with Gasteiger partial charge in [0.2, 0.25) is 0 Å². The number of carbonyl (C=O) groups is 1. The van der Waals surface area contributed by atoms with Gasteiger partial charge in [0, 0.05) is 23.7 Å². The van der Waals surface area contributed by atoms with Gasteiger partial charge in [0.15, 0.2) is 0 Å². The van der Waals surface area contributed by atoms with Crippen LogP contribution in [0.2, 0.25) is 0 Å². The van der Waals surface area contributed by atoms with E-state index in [1.54, 1.807) is 14.2 Å². The Labute approximate surface area is 150 Å². The largest absolute Gasteiger partial charge is 0.497 e. The summed E-state index contributed by atoms with van der Waals surface area (Å²) in [5.74, 6) is 4.05. The maximum Gasteiger partial charge on any atom is 0.251 e. The summed E-state index contributed by atoms with van der Waals surface area (Å²) in [4.78, 5) is 12.9. The van der Waals surface area contributed by atoms with Gasteiger partial charge in [-0.05, 0) is 74.7 Å². The van der Waals surface area contributed by atoms with Crippen molar-refractivity contribution >= 4 is 5.91 Å². The van der Waals surface area contributed by atoms with E-state index in [4.69, 9.17) is 9.47 Å². The monoisotopic (exact) mass is 343 g/mol. The third-order valence-corrected chi connectivity index (χ3v) is 6.82. The van der Waals surface area contributed by atoms with Crippen LogP contribution < -0.4 is 14.8 Å². The summed E-state index contributed by atoms with van der Waals surface area (Å²) in [6.07, 6.45) is 8.21. The van der Waals surface area contributed by atoms with Crippen LogP contribution in [0, 0.1) is 30.1 Å². The third-order valence-electron chi connectivity index (χ3n) is 6.82. The standard InChI is InChI=1S/C21H29NO3/c1-13-18(7-17(24-2)8-19(13)25-3)20(23)22-12-21-9-14-4-15(10-21)6-16(5-14)11-21/h7-8,14-16H,4-6,9-12H2,1-3H3,(H,22,23). The Morgan fingerprint density at radius 3 is 2.20 bits per heavy atom. The van der Waals surface area contributed by atoms with E-state index >= 15 is 0 Å². The minimum absolute atomic E-state index is 0.00885. The van der Waals surface area contributed by atoms with Crippen molar-refractivity contribution in [3.8, 4) is 11.5 Å². The van der Waals surface area contributed by atoms with Gasteiger partial charge in [-0.3, -0.25) is 4.79 Å². The molecule has 4 fully saturated rings. The van der Waals surface area contributed by atoms with E-state index in [-0.39, 0.29) is 5.91 Å². The first kappa shape index (κ1) is 16.7. The van der Waals surface area contributed by atoms with Gasteiger partial charge in [-0.1, -0.05) is 0 Å². The van der Waals surface area contributed by atoms with Crippen LogP contribution in [0.15, 0.2) is 12.1 Å². The quantitative estimate of drug-likeness (QED) is 0.880. The molecule has 4 nitrogen and oxygen atoms in total. The first-order valence-electron chi connectivity index (χ1n) is 9.53. The van der Waals surface area contributed by atoms with E-state index in [9.17, 15) is 4.79 Å². The van der Waals surface area contributed by atoms with Crippen molar-refractivity contribution in [3.05, 3.63) is 23.3 Å². The lowest BCUT2D eigenvalue weighted by molar-refractivity contribution is -0.0503. The maximum atomic E-state index is 12.9. The Bertz CT molecular complexity index is 647. The van der Waals surface area contributed by atoms with E-state index in [2.05, 4.69) is 5.32 Å². The molecule has 1 aromatic rings. The van der Waals surface area contributed by atoms with Gasteiger partial charge in [0.05, 0.1) is 14.2 Å². The molecule has 0 spiro atoms. The fourth-order valence-corrected chi connectivity index (χ4v) is 6.10. The lowest BCUT2D eigenvalue weighted by Crippen LogP contribution is -2.51. The van der Waals surface area contributed by atoms with Crippen LogP contribution >= 0.6 is 0 Å². The minimum Gasteiger partial charge on any atom is -0.497 e. The molecule has 1 aromatic carbocycles. The third kappa shape index (κ3) is 3.00. The molecule has 4 aliphatic carbocycles. The molecular weight excluding hydrogens is 314 g/mol. The van der Waals surface area contributed by atoms with E-state index in [0.717, 1.165) is 29.9 Å². The molecule has 0 radical (unpaired) electrons. The molecule has 4 aliphatic rings. The molecule has 0 saturated heterocycles. The molecule has 25 heavy (non-hydrogen) atoms. The average Bonchev–Trinajstić information content (AvgIpc) is 2.59. The van der Waals surface area contributed by atoms with Crippen molar-refractivity contribution in [2.24, 2.45) is 23.2 Å². The van der Waals surface area contributed by atoms with Crippen molar-refractivity contribution in [3.63, 3.8) is 0 Å². The van der Waals surface area contributed by atoms with Crippen LogP contribution in [0.5, 0.6) is 11.5 Å². The number of hydrogen-bond acceptors (Lipinski definition) is 3. The second kappa shape index (κ2) is 6.22. The summed E-state index contributed by atoms with van der Waals surface area (Å²) < 4.78 is 10.7. The molecule has 1 amide bonds. The Hall–Kier alpha value is -1.71. The topological polar surface area (TPSA) is 47.6 Å². The number of hydrogen-bond donors (Lipinski definition) is 1. The molecule has 136 valence electrons. The molecule has 5 rings (SSSR count). The molecule has 0 heterocycles. The number of ether oxygens (including phenoxy) is 2. The maximum absolute atomic E-state index is 12.9. The number of nitrogens with one attached hydrogen (secondary N) is 1. The summed E-state index contributed by atoms with van der Waals surface area (Å²) >= 11 is 0. The van der Waals surface area contributed by atoms with Gasteiger partial charge in [-0.15, -0.1) is 0 Å². The molecule has 4 heteroatoms. The predicted molar refractivity (Wildman–Crippen MR) is 97.2 cm³/mol. The summed E-state index contributed by atoms with van der Waals surface area (Å²) in [6, 6.07) is 3.64. The van der Waals surface area contributed by atoms with Crippen molar-refractivity contribution in [2.75, 3.05) is 20.8 Å². The zero-order chi connectivity index (χ0) is 17.6. The molecule has 4 bridgehead atoms. The van der Waals surface area contributed by atoms with Gasteiger partial charge in [-0.25, -0.2) is 0 Å². The number of benzene rings is 1. The second-order valence-corrected chi connectivity index (χ2v) is 8.60. The number of rotatable bonds is 5. The number of methoxy groups -OCH3 is 2. The Kier molecular flexibility index (Phi) is 4.17. The van der Waals surface area contributed by atoms with Crippen molar-refractivity contribution < 1.29 is 14.3 Å². The summed E-state index contributed by atoms with van der Waals surface area (Å²) in [7, 11) is 3.24. The molecule has 0 aromatic heterocycles. The van der Waals surface area contributed by atoms with E-state index < -0.39 is 0 Å². The highest BCUT2D eigenvalue weighted by molar-refractivity contribution is 5.96. The fraction of sp³-hybridized carbons (Fsp3) is 0.667. The number of amides is 1. The van der Waals surface area contributed by atoms with Crippen molar-refractivity contribution in [1.29, 1.82) is 0 Å². The molecule has 1 N–H and O–H groups in total. The van der Waals surface area contributed by atoms with Crippen molar-refractivity contribution in [1.82, 2.24) is 5.32 Å². The summed E-state index contributed by atoms with van der Waals surface area (Å²) in [6.45, 7) is 2.74. The lowest BCUT2D eigenvalue weighted by atomic mass is 9.49. The Balaban J connectivity index is 1.49. The molecular formula is C21H29NO3.